The van der Waals surface area contributed by atoms with Crippen LogP contribution in [-0.4, -0.2) is 29.6 Å². The molecule has 0 radical (unpaired) electrons. The highest BCUT2D eigenvalue weighted by atomic mass is 32.2. The van der Waals surface area contributed by atoms with Gasteiger partial charge in [0.05, 0.1) is 12.0 Å². The summed E-state index contributed by atoms with van der Waals surface area (Å²) in [4.78, 5) is 4.56. The molecule has 4 heterocycles. The predicted molar refractivity (Wildman–Crippen MR) is 80.4 cm³/mol. The third-order valence-corrected chi connectivity index (χ3v) is 4.14. The summed E-state index contributed by atoms with van der Waals surface area (Å²) < 4.78 is 9.05. The Hall–Kier alpha value is -2.61. The second kappa shape index (κ2) is 5.64. The number of furan rings is 1. The molecule has 8 heteroatoms. The van der Waals surface area contributed by atoms with Crippen molar-refractivity contribution in [3.8, 4) is 0 Å². The van der Waals surface area contributed by atoms with Crippen molar-refractivity contribution in [2.45, 2.75) is 17.5 Å². The maximum Gasteiger partial charge on any atom is 0.210 e. The molecule has 0 bridgehead atoms. The van der Waals surface area contributed by atoms with E-state index in [9.17, 15) is 0 Å². The van der Waals surface area contributed by atoms with Gasteiger partial charge in [-0.2, -0.15) is 0 Å². The molecule has 0 fully saturated rings. The largest absolute Gasteiger partial charge is 0.467 e. The van der Waals surface area contributed by atoms with Crippen molar-refractivity contribution < 1.29 is 4.42 Å². The Bertz CT molecular complexity index is 849. The third kappa shape index (κ3) is 2.60. The molecule has 110 valence electrons. The van der Waals surface area contributed by atoms with Crippen LogP contribution in [0.1, 0.15) is 11.5 Å². The van der Waals surface area contributed by atoms with E-state index >= 15 is 0 Å². The minimum Gasteiger partial charge on any atom is -0.467 e. The van der Waals surface area contributed by atoms with Crippen molar-refractivity contribution >= 4 is 17.4 Å². The molecule has 4 aromatic rings. The van der Waals surface area contributed by atoms with Gasteiger partial charge in [0, 0.05) is 18.1 Å². The summed E-state index contributed by atoms with van der Waals surface area (Å²) in [5.41, 5.74) is 1.93. The molecule has 0 spiro atoms. The molecule has 0 aliphatic heterocycles. The average Bonchev–Trinajstić information content (AvgIpc) is 3.26. The molecule has 4 aromatic heterocycles. The van der Waals surface area contributed by atoms with Crippen LogP contribution in [0.4, 0.5) is 0 Å². The molecule has 7 nitrogen and oxygen atoms in total. The Morgan fingerprint density at radius 1 is 1.18 bits per heavy atom. The van der Waals surface area contributed by atoms with Crippen LogP contribution in [-0.2, 0) is 12.3 Å². The number of imidazole rings is 1. The highest BCUT2D eigenvalue weighted by Gasteiger charge is 2.10. The van der Waals surface area contributed by atoms with Crippen LogP contribution >= 0.6 is 11.8 Å². The fraction of sp³-hybridized carbons (Fsp3) is 0.143. The lowest BCUT2D eigenvalue weighted by Crippen LogP contribution is -2.03. The van der Waals surface area contributed by atoms with Gasteiger partial charge >= 0.3 is 0 Å². The smallest absolute Gasteiger partial charge is 0.210 e. The molecule has 0 unspecified atom stereocenters. The first-order chi connectivity index (χ1) is 10.9. The van der Waals surface area contributed by atoms with Crippen LogP contribution in [0.25, 0.3) is 5.65 Å². The summed E-state index contributed by atoms with van der Waals surface area (Å²) in [7, 11) is 0. The van der Waals surface area contributed by atoms with Crippen LogP contribution in [0.15, 0.2) is 58.6 Å². The zero-order valence-corrected chi connectivity index (χ0v) is 12.3. The molecule has 0 atom stereocenters. The number of thioether (sulfide) groups is 1. The fourth-order valence-electron chi connectivity index (χ4n) is 2.14. The summed E-state index contributed by atoms with van der Waals surface area (Å²) in [6.45, 7) is 0.521. The minimum absolute atomic E-state index is 0.521. The highest BCUT2D eigenvalue weighted by molar-refractivity contribution is 7.98. The van der Waals surface area contributed by atoms with E-state index in [2.05, 4.69) is 20.5 Å². The second-order valence-corrected chi connectivity index (χ2v) is 5.63. The van der Waals surface area contributed by atoms with Crippen molar-refractivity contribution in [1.29, 1.82) is 0 Å². The normalized spacial score (nSPS) is 11.3. The number of hydrogen-bond donors (Lipinski definition) is 0. The first-order valence-electron chi connectivity index (χ1n) is 6.72. The van der Waals surface area contributed by atoms with Gasteiger partial charge in [-0.3, -0.25) is 0 Å². The Kier molecular flexibility index (Phi) is 3.36. The summed E-state index contributed by atoms with van der Waals surface area (Å²) in [5.74, 6) is 1.53. The van der Waals surface area contributed by atoms with Crippen LogP contribution in [0.2, 0.25) is 0 Å². The zero-order valence-electron chi connectivity index (χ0n) is 11.5. The van der Waals surface area contributed by atoms with Gasteiger partial charge in [-0.25, -0.2) is 9.67 Å². The molecular weight excluding hydrogens is 300 g/mol. The summed E-state index contributed by atoms with van der Waals surface area (Å²) in [5, 5.41) is 12.5. The summed E-state index contributed by atoms with van der Waals surface area (Å²) in [6, 6.07) is 9.69. The lowest BCUT2D eigenvalue weighted by atomic mass is 10.4. The van der Waals surface area contributed by atoms with E-state index in [0.29, 0.717) is 12.3 Å². The van der Waals surface area contributed by atoms with E-state index < -0.39 is 0 Å². The monoisotopic (exact) mass is 312 g/mol. The summed E-state index contributed by atoms with van der Waals surface area (Å²) in [6.07, 6.45) is 5.64. The van der Waals surface area contributed by atoms with Crippen molar-refractivity contribution in [1.82, 2.24) is 29.6 Å². The number of rotatable bonds is 5. The Morgan fingerprint density at radius 3 is 3.05 bits per heavy atom. The van der Waals surface area contributed by atoms with Crippen LogP contribution in [0.5, 0.6) is 0 Å². The van der Waals surface area contributed by atoms with Gasteiger partial charge in [-0.1, -0.05) is 17.8 Å². The molecule has 4 rings (SSSR count). The van der Waals surface area contributed by atoms with Crippen molar-refractivity contribution in [3.63, 3.8) is 0 Å². The minimum atomic E-state index is 0.521. The topological polar surface area (TPSA) is 74.0 Å². The SMILES string of the molecule is c1coc(Cn2nnnc2SCc2cn3ccccc3n2)c1. The Labute approximate surface area is 130 Å². The zero-order chi connectivity index (χ0) is 14.8. The van der Waals surface area contributed by atoms with Crippen molar-refractivity contribution in [3.05, 3.63) is 60.4 Å². The van der Waals surface area contributed by atoms with Gasteiger partial charge in [0.1, 0.15) is 18.0 Å². The number of tetrazole rings is 1. The maximum atomic E-state index is 5.32. The van der Waals surface area contributed by atoms with E-state index in [1.54, 1.807) is 22.7 Å². The summed E-state index contributed by atoms with van der Waals surface area (Å²) >= 11 is 1.55. The van der Waals surface area contributed by atoms with Gasteiger partial charge in [0.15, 0.2) is 0 Å². The number of aromatic nitrogens is 6. The van der Waals surface area contributed by atoms with Gasteiger partial charge in [0.2, 0.25) is 5.16 Å². The average molecular weight is 312 g/mol. The first-order valence-corrected chi connectivity index (χ1v) is 7.71. The molecule has 0 saturated carbocycles. The molecule has 0 amide bonds. The molecule has 22 heavy (non-hydrogen) atoms. The lowest BCUT2D eigenvalue weighted by molar-refractivity contribution is 0.462. The standard InChI is InChI=1S/C14H12N6OS/c1-2-6-19-8-11(15-13(19)5-1)10-22-14-16-17-18-20(14)9-12-4-3-7-21-12/h1-8H,9-10H2. The number of nitrogens with zero attached hydrogens (tertiary/aromatic N) is 6. The predicted octanol–water partition coefficient (Wildman–Crippen LogP) is 2.25. The molecule has 0 aliphatic rings. The van der Waals surface area contributed by atoms with Crippen LogP contribution in [0.3, 0.4) is 0 Å². The number of hydrogen-bond acceptors (Lipinski definition) is 6. The molecule has 0 saturated heterocycles. The second-order valence-electron chi connectivity index (χ2n) is 4.69. The molecule has 0 aromatic carbocycles. The molecular formula is C14H12N6OS. The van der Waals surface area contributed by atoms with Crippen molar-refractivity contribution in [2.24, 2.45) is 0 Å². The highest BCUT2D eigenvalue weighted by Crippen LogP contribution is 2.20. The van der Waals surface area contributed by atoms with Crippen LogP contribution in [0, 0.1) is 0 Å². The number of pyridine rings is 1. The van der Waals surface area contributed by atoms with E-state index in [0.717, 1.165) is 22.3 Å². The van der Waals surface area contributed by atoms with E-state index in [1.165, 1.54) is 0 Å². The maximum absolute atomic E-state index is 5.32. The lowest BCUT2D eigenvalue weighted by Gasteiger charge is -2.00. The van der Waals surface area contributed by atoms with Gasteiger partial charge in [-0.15, -0.1) is 5.10 Å². The molecule has 0 N–H and O–H groups in total. The third-order valence-electron chi connectivity index (χ3n) is 3.15. The number of fused-ring (bicyclic) bond motifs is 1. The first kappa shape index (κ1) is 13.1. The van der Waals surface area contributed by atoms with E-state index in [1.807, 2.05) is 47.1 Å². The van der Waals surface area contributed by atoms with Crippen molar-refractivity contribution in [2.75, 3.05) is 0 Å². The Balaban J connectivity index is 1.48. The van der Waals surface area contributed by atoms with E-state index in [4.69, 9.17) is 4.42 Å². The van der Waals surface area contributed by atoms with Gasteiger partial charge in [-0.05, 0) is 34.7 Å². The van der Waals surface area contributed by atoms with Crippen LogP contribution < -0.4 is 0 Å². The fourth-order valence-corrected chi connectivity index (χ4v) is 2.90. The van der Waals surface area contributed by atoms with E-state index in [-0.39, 0.29) is 0 Å². The van der Waals surface area contributed by atoms with Gasteiger partial charge < -0.3 is 8.82 Å². The molecule has 0 aliphatic carbocycles. The van der Waals surface area contributed by atoms with Gasteiger partial charge in [0.25, 0.3) is 0 Å². The quantitative estimate of drug-likeness (QED) is 0.526. The Morgan fingerprint density at radius 2 is 2.18 bits per heavy atom.